The van der Waals surface area contributed by atoms with Gasteiger partial charge in [-0.2, -0.15) is 11.8 Å². The van der Waals surface area contributed by atoms with Crippen LogP contribution < -0.4 is 5.32 Å². The molecular formula is C14H29NOS. The Labute approximate surface area is 111 Å². The number of hydrogen-bond donors (Lipinski definition) is 1. The topological polar surface area (TPSA) is 29.1 Å². The highest BCUT2D eigenvalue weighted by Crippen LogP contribution is 2.27. The van der Waals surface area contributed by atoms with Crippen molar-refractivity contribution in [1.29, 1.82) is 0 Å². The maximum Gasteiger partial charge on any atom is 0.220 e. The largest absolute Gasteiger partial charge is 0.355 e. The van der Waals surface area contributed by atoms with E-state index in [0.717, 1.165) is 12.3 Å². The Balaban J connectivity index is 3.75. The fraction of sp³-hybridized carbons (Fsp3) is 0.929. The van der Waals surface area contributed by atoms with Crippen LogP contribution in [0.2, 0.25) is 0 Å². The highest BCUT2D eigenvalue weighted by Gasteiger charge is 2.22. The number of nitrogens with one attached hydrogen (secondary N) is 1. The van der Waals surface area contributed by atoms with Gasteiger partial charge in [0.15, 0.2) is 0 Å². The van der Waals surface area contributed by atoms with Gasteiger partial charge in [0.05, 0.1) is 0 Å². The molecule has 0 fully saturated rings. The third-order valence-electron chi connectivity index (χ3n) is 2.93. The number of carbonyl (C=O) groups excluding carboxylic acids is 1. The second-order valence-electron chi connectivity index (χ2n) is 6.78. The van der Waals surface area contributed by atoms with Crippen molar-refractivity contribution in [2.75, 3.05) is 12.3 Å². The minimum atomic E-state index is 0.182. The van der Waals surface area contributed by atoms with E-state index in [1.165, 1.54) is 0 Å². The molecule has 0 spiro atoms. The SMILES string of the molecule is CC(CC(=O)NCCSC(C)(C)C)C(C)(C)C. The summed E-state index contributed by atoms with van der Waals surface area (Å²) in [5, 5.41) is 3.00. The quantitative estimate of drug-likeness (QED) is 0.763. The summed E-state index contributed by atoms with van der Waals surface area (Å²) < 4.78 is 0.281. The van der Waals surface area contributed by atoms with Crippen molar-refractivity contribution in [3.63, 3.8) is 0 Å². The first kappa shape index (κ1) is 16.8. The molecule has 0 rings (SSSR count). The third kappa shape index (κ3) is 9.51. The number of rotatable bonds is 5. The summed E-state index contributed by atoms with van der Waals surface area (Å²) in [5.74, 6) is 1.58. The Bertz CT molecular complexity index is 238. The molecule has 2 nitrogen and oxygen atoms in total. The van der Waals surface area contributed by atoms with Crippen LogP contribution in [0.3, 0.4) is 0 Å². The lowest BCUT2D eigenvalue weighted by Crippen LogP contribution is -2.31. The van der Waals surface area contributed by atoms with E-state index >= 15 is 0 Å². The van der Waals surface area contributed by atoms with E-state index in [9.17, 15) is 4.79 Å². The zero-order valence-electron chi connectivity index (χ0n) is 12.5. The lowest BCUT2D eigenvalue weighted by molar-refractivity contribution is -0.122. The third-order valence-corrected chi connectivity index (χ3v) is 4.20. The molecule has 0 aromatic heterocycles. The average molecular weight is 259 g/mol. The molecule has 1 atom stereocenters. The molecule has 102 valence electrons. The zero-order chi connectivity index (χ0) is 13.7. The molecule has 0 aliphatic carbocycles. The van der Waals surface area contributed by atoms with Crippen LogP contribution in [0, 0.1) is 11.3 Å². The van der Waals surface area contributed by atoms with Crippen LogP contribution in [0.15, 0.2) is 0 Å². The molecule has 0 radical (unpaired) electrons. The molecule has 0 saturated heterocycles. The van der Waals surface area contributed by atoms with Crippen LogP contribution in [0.1, 0.15) is 54.9 Å². The van der Waals surface area contributed by atoms with Crippen LogP contribution in [-0.2, 0) is 4.79 Å². The van der Waals surface area contributed by atoms with Gasteiger partial charge >= 0.3 is 0 Å². The molecule has 1 amide bonds. The fourth-order valence-corrected chi connectivity index (χ4v) is 2.02. The smallest absolute Gasteiger partial charge is 0.220 e. The standard InChI is InChI=1S/C14H29NOS/c1-11(13(2,3)4)10-12(16)15-8-9-17-14(5,6)7/h11H,8-10H2,1-7H3,(H,15,16). The Morgan fingerprint density at radius 1 is 1.18 bits per heavy atom. The fourth-order valence-electron chi connectivity index (χ4n) is 1.20. The minimum Gasteiger partial charge on any atom is -0.355 e. The van der Waals surface area contributed by atoms with Gasteiger partial charge < -0.3 is 5.32 Å². The minimum absolute atomic E-state index is 0.182. The number of amides is 1. The predicted molar refractivity (Wildman–Crippen MR) is 78.5 cm³/mol. The highest BCUT2D eigenvalue weighted by atomic mass is 32.2. The van der Waals surface area contributed by atoms with Crippen molar-refractivity contribution < 1.29 is 4.79 Å². The van der Waals surface area contributed by atoms with Gasteiger partial charge in [0, 0.05) is 23.5 Å². The van der Waals surface area contributed by atoms with Crippen molar-refractivity contribution in [2.24, 2.45) is 11.3 Å². The van der Waals surface area contributed by atoms with Gasteiger partial charge in [-0.05, 0) is 11.3 Å². The van der Waals surface area contributed by atoms with E-state index in [2.05, 4.69) is 53.8 Å². The zero-order valence-corrected chi connectivity index (χ0v) is 13.3. The molecule has 0 heterocycles. The summed E-state index contributed by atoms with van der Waals surface area (Å²) in [6.07, 6.45) is 0.629. The molecule has 0 aliphatic heterocycles. The van der Waals surface area contributed by atoms with E-state index < -0.39 is 0 Å². The maximum absolute atomic E-state index is 11.7. The van der Waals surface area contributed by atoms with Crippen molar-refractivity contribution >= 4 is 17.7 Å². The van der Waals surface area contributed by atoms with Crippen molar-refractivity contribution in [3.8, 4) is 0 Å². The van der Waals surface area contributed by atoms with Gasteiger partial charge in [-0.1, -0.05) is 48.5 Å². The van der Waals surface area contributed by atoms with E-state index in [0.29, 0.717) is 12.3 Å². The normalized spacial score (nSPS) is 14.5. The Morgan fingerprint density at radius 2 is 1.71 bits per heavy atom. The van der Waals surface area contributed by atoms with Crippen LogP contribution in [0.4, 0.5) is 0 Å². The summed E-state index contributed by atoms with van der Waals surface area (Å²) in [6, 6.07) is 0. The number of carbonyl (C=O) groups is 1. The maximum atomic E-state index is 11.7. The van der Waals surface area contributed by atoms with E-state index in [1.807, 2.05) is 11.8 Å². The van der Waals surface area contributed by atoms with Crippen molar-refractivity contribution in [3.05, 3.63) is 0 Å². The molecule has 17 heavy (non-hydrogen) atoms. The summed E-state index contributed by atoms with van der Waals surface area (Å²) in [6.45, 7) is 16.0. The van der Waals surface area contributed by atoms with Crippen LogP contribution in [0.5, 0.6) is 0 Å². The van der Waals surface area contributed by atoms with E-state index in [-0.39, 0.29) is 16.1 Å². The first-order chi connectivity index (χ1) is 7.52. The van der Waals surface area contributed by atoms with Gasteiger partial charge in [-0.3, -0.25) is 4.79 Å². The molecule has 0 aromatic rings. The van der Waals surface area contributed by atoms with Crippen molar-refractivity contribution in [1.82, 2.24) is 5.32 Å². The molecule has 0 bridgehead atoms. The molecule has 0 saturated carbocycles. The van der Waals surface area contributed by atoms with Gasteiger partial charge in [-0.15, -0.1) is 0 Å². The van der Waals surface area contributed by atoms with Crippen molar-refractivity contribution in [2.45, 2.75) is 59.6 Å². The second kappa shape index (κ2) is 6.67. The summed E-state index contributed by atoms with van der Waals surface area (Å²) >= 11 is 1.89. The highest BCUT2D eigenvalue weighted by molar-refractivity contribution is 8.00. The van der Waals surface area contributed by atoms with E-state index in [1.54, 1.807) is 0 Å². The summed E-state index contributed by atoms with van der Waals surface area (Å²) in [7, 11) is 0. The average Bonchev–Trinajstić information content (AvgIpc) is 2.09. The lowest BCUT2D eigenvalue weighted by Gasteiger charge is -2.26. The molecule has 3 heteroatoms. The molecule has 0 aromatic carbocycles. The van der Waals surface area contributed by atoms with Crippen LogP contribution >= 0.6 is 11.8 Å². The summed E-state index contributed by atoms with van der Waals surface area (Å²) in [4.78, 5) is 11.7. The van der Waals surface area contributed by atoms with Gasteiger partial charge in [0.1, 0.15) is 0 Å². The molecule has 0 aliphatic rings. The first-order valence-electron chi connectivity index (χ1n) is 6.43. The number of hydrogen-bond acceptors (Lipinski definition) is 2. The van der Waals surface area contributed by atoms with Crippen LogP contribution in [-0.4, -0.2) is 23.0 Å². The van der Waals surface area contributed by atoms with Gasteiger partial charge in [0.2, 0.25) is 5.91 Å². The molecular weight excluding hydrogens is 230 g/mol. The Kier molecular flexibility index (Phi) is 6.60. The molecule has 1 unspecified atom stereocenters. The Hall–Kier alpha value is -0.180. The first-order valence-corrected chi connectivity index (χ1v) is 7.41. The van der Waals surface area contributed by atoms with E-state index in [4.69, 9.17) is 0 Å². The monoisotopic (exact) mass is 259 g/mol. The van der Waals surface area contributed by atoms with Gasteiger partial charge in [-0.25, -0.2) is 0 Å². The Morgan fingerprint density at radius 3 is 2.12 bits per heavy atom. The predicted octanol–water partition coefficient (Wildman–Crippen LogP) is 3.71. The van der Waals surface area contributed by atoms with Gasteiger partial charge in [0.25, 0.3) is 0 Å². The summed E-state index contributed by atoms with van der Waals surface area (Å²) in [5.41, 5.74) is 0.206. The lowest BCUT2D eigenvalue weighted by atomic mass is 9.80. The number of thioether (sulfide) groups is 1. The second-order valence-corrected chi connectivity index (χ2v) is 8.70. The van der Waals surface area contributed by atoms with Crippen LogP contribution in [0.25, 0.3) is 0 Å². The molecule has 1 N–H and O–H groups in total.